The van der Waals surface area contributed by atoms with E-state index < -0.39 is 0 Å². The molecule has 1 heterocycles. The molecule has 2 aliphatic rings. The fourth-order valence-electron chi connectivity index (χ4n) is 2.34. The Morgan fingerprint density at radius 1 is 1.35 bits per heavy atom. The van der Waals surface area contributed by atoms with Gasteiger partial charge in [0.05, 0.1) is 5.92 Å². The van der Waals surface area contributed by atoms with E-state index in [-0.39, 0.29) is 17.7 Å². The van der Waals surface area contributed by atoms with Crippen molar-refractivity contribution in [3.05, 3.63) is 12.2 Å². The molecule has 1 saturated carbocycles. The lowest BCUT2D eigenvalue weighted by molar-refractivity contribution is -0.122. The van der Waals surface area contributed by atoms with Gasteiger partial charge in [-0.25, -0.2) is 4.99 Å². The summed E-state index contributed by atoms with van der Waals surface area (Å²) in [5, 5.41) is 2.94. The topological polar surface area (TPSA) is 58.5 Å². The Morgan fingerprint density at radius 2 is 2.12 bits per heavy atom. The van der Waals surface area contributed by atoms with Gasteiger partial charge in [-0.3, -0.25) is 9.59 Å². The minimum absolute atomic E-state index is 0.0527. The number of carbonyl (C=O) groups excluding carboxylic acids is 2. The Morgan fingerprint density at radius 3 is 2.76 bits per heavy atom. The molecule has 0 spiro atoms. The van der Waals surface area contributed by atoms with Crippen molar-refractivity contribution in [1.29, 1.82) is 0 Å². The molecule has 1 N–H and O–H groups in total. The summed E-state index contributed by atoms with van der Waals surface area (Å²) in [6, 6.07) is 0. The van der Waals surface area contributed by atoms with Gasteiger partial charge in [-0.1, -0.05) is 25.3 Å². The molecule has 0 bridgehead atoms. The first-order valence-corrected chi connectivity index (χ1v) is 6.30. The summed E-state index contributed by atoms with van der Waals surface area (Å²) < 4.78 is 0. The second kappa shape index (κ2) is 5.75. The van der Waals surface area contributed by atoms with Gasteiger partial charge in [0, 0.05) is 18.8 Å². The number of nitrogens with zero attached hydrogens (tertiary/aromatic N) is 1. The Bertz CT molecular complexity index is 338. The fraction of sp³-hybridized carbons (Fsp3) is 0.615. The van der Waals surface area contributed by atoms with Gasteiger partial charge in [0.1, 0.15) is 0 Å². The van der Waals surface area contributed by atoms with E-state index in [1.807, 2.05) is 0 Å². The molecule has 0 aromatic heterocycles. The maximum absolute atomic E-state index is 11.8. The van der Waals surface area contributed by atoms with Crippen LogP contribution in [0, 0.1) is 11.8 Å². The normalized spacial score (nSPS) is 24.9. The zero-order valence-corrected chi connectivity index (χ0v) is 9.89. The van der Waals surface area contributed by atoms with E-state index >= 15 is 0 Å². The smallest absolute Gasteiger partial charge is 0.269 e. The van der Waals surface area contributed by atoms with Crippen molar-refractivity contribution in [1.82, 2.24) is 5.32 Å². The third-order valence-electron chi connectivity index (χ3n) is 3.40. The summed E-state index contributed by atoms with van der Waals surface area (Å²) in [5.41, 5.74) is 0. The van der Waals surface area contributed by atoms with E-state index in [4.69, 9.17) is 0 Å². The summed E-state index contributed by atoms with van der Waals surface area (Å²) in [5.74, 6) is -0.0977. The van der Waals surface area contributed by atoms with Gasteiger partial charge in [-0.05, 0) is 18.8 Å². The largest absolute Gasteiger partial charge is 0.355 e. The average Bonchev–Trinajstić information content (AvgIpc) is 2.38. The number of aliphatic imine (C=N–C) groups is 1. The predicted octanol–water partition coefficient (Wildman–Crippen LogP) is 1.47. The van der Waals surface area contributed by atoms with Crippen LogP contribution in [-0.2, 0) is 9.59 Å². The molecule has 0 saturated heterocycles. The molecule has 2 amide bonds. The number of amides is 2. The Kier molecular flexibility index (Phi) is 4.07. The standard InChI is InChI=1S/C13H18N2O2/c16-12-7-6-11(9-14-12)13(17)15-8-10-4-2-1-3-5-10/h6-7,9-11H,1-5,8H2,(H,15,17). The molecular weight excluding hydrogens is 216 g/mol. The highest BCUT2D eigenvalue weighted by atomic mass is 16.2. The van der Waals surface area contributed by atoms with Gasteiger partial charge in [-0.2, -0.15) is 0 Å². The van der Waals surface area contributed by atoms with Gasteiger partial charge >= 0.3 is 0 Å². The van der Waals surface area contributed by atoms with Crippen LogP contribution in [0.4, 0.5) is 0 Å². The van der Waals surface area contributed by atoms with Gasteiger partial charge in [-0.15, -0.1) is 0 Å². The van der Waals surface area contributed by atoms with Crippen LogP contribution < -0.4 is 5.32 Å². The van der Waals surface area contributed by atoms with E-state index in [0.29, 0.717) is 5.92 Å². The average molecular weight is 234 g/mol. The maximum atomic E-state index is 11.8. The highest BCUT2D eigenvalue weighted by Crippen LogP contribution is 2.22. The van der Waals surface area contributed by atoms with E-state index in [2.05, 4.69) is 10.3 Å². The lowest BCUT2D eigenvalue weighted by Crippen LogP contribution is -2.35. The van der Waals surface area contributed by atoms with Crippen molar-refractivity contribution < 1.29 is 9.59 Å². The van der Waals surface area contributed by atoms with Crippen molar-refractivity contribution >= 4 is 18.0 Å². The molecule has 1 unspecified atom stereocenters. The third-order valence-corrected chi connectivity index (χ3v) is 3.40. The molecular formula is C13H18N2O2. The Balaban J connectivity index is 1.75. The van der Waals surface area contributed by atoms with Gasteiger partial charge in [0.15, 0.2) is 0 Å². The molecule has 17 heavy (non-hydrogen) atoms. The highest BCUT2D eigenvalue weighted by molar-refractivity contribution is 6.05. The van der Waals surface area contributed by atoms with Gasteiger partial charge in [0.25, 0.3) is 5.91 Å². The quantitative estimate of drug-likeness (QED) is 0.803. The van der Waals surface area contributed by atoms with Crippen molar-refractivity contribution in [2.24, 2.45) is 16.8 Å². The molecule has 0 radical (unpaired) electrons. The lowest BCUT2D eigenvalue weighted by atomic mass is 9.89. The molecule has 1 fully saturated rings. The summed E-state index contributed by atoms with van der Waals surface area (Å²) in [4.78, 5) is 26.2. The first-order chi connectivity index (χ1) is 8.25. The molecule has 4 heteroatoms. The van der Waals surface area contributed by atoms with Crippen LogP contribution >= 0.6 is 0 Å². The van der Waals surface area contributed by atoms with Crippen LogP contribution in [0.1, 0.15) is 32.1 Å². The van der Waals surface area contributed by atoms with Crippen LogP contribution in [0.15, 0.2) is 17.1 Å². The first kappa shape index (κ1) is 12.0. The van der Waals surface area contributed by atoms with Crippen molar-refractivity contribution in [2.75, 3.05) is 6.54 Å². The van der Waals surface area contributed by atoms with Crippen LogP contribution in [0.5, 0.6) is 0 Å². The van der Waals surface area contributed by atoms with Crippen LogP contribution in [0.3, 0.4) is 0 Å². The number of hydrogen-bond donors (Lipinski definition) is 1. The molecule has 92 valence electrons. The summed E-state index contributed by atoms with van der Waals surface area (Å²) in [7, 11) is 0. The van der Waals surface area contributed by atoms with Gasteiger partial charge in [0.2, 0.25) is 5.91 Å². The Labute approximate surface area is 101 Å². The monoisotopic (exact) mass is 234 g/mol. The van der Waals surface area contributed by atoms with Crippen molar-refractivity contribution in [2.45, 2.75) is 32.1 Å². The molecule has 4 nitrogen and oxygen atoms in total. The summed E-state index contributed by atoms with van der Waals surface area (Å²) >= 11 is 0. The van der Waals surface area contributed by atoms with Crippen molar-refractivity contribution in [3.8, 4) is 0 Å². The predicted molar refractivity (Wildman–Crippen MR) is 65.7 cm³/mol. The van der Waals surface area contributed by atoms with E-state index in [0.717, 1.165) is 6.54 Å². The molecule has 0 aromatic rings. The second-order valence-electron chi connectivity index (χ2n) is 4.75. The number of hydrogen-bond acceptors (Lipinski definition) is 2. The number of carbonyl (C=O) groups is 2. The molecule has 0 aromatic carbocycles. The molecule has 1 atom stereocenters. The van der Waals surface area contributed by atoms with Crippen molar-refractivity contribution in [3.63, 3.8) is 0 Å². The second-order valence-corrected chi connectivity index (χ2v) is 4.75. The molecule has 2 rings (SSSR count). The zero-order chi connectivity index (χ0) is 12.1. The van der Waals surface area contributed by atoms with E-state index in [1.54, 1.807) is 6.08 Å². The molecule has 1 aliphatic heterocycles. The van der Waals surface area contributed by atoms with Crippen LogP contribution in [-0.4, -0.2) is 24.6 Å². The highest BCUT2D eigenvalue weighted by Gasteiger charge is 2.19. The Hall–Kier alpha value is -1.45. The van der Waals surface area contributed by atoms with Crippen LogP contribution in [0.25, 0.3) is 0 Å². The van der Waals surface area contributed by atoms with E-state index in [9.17, 15) is 9.59 Å². The summed E-state index contributed by atoms with van der Waals surface area (Å²) in [6.07, 6.45) is 10.7. The number of dihydropyridines is 1. The SMILES string of the molecule is O=C1C=CC(C(=O)NCC2CCCCC2)C=N1. The number of rotatable bonds is 3. The maximum Gasteiger partial charge on any atom is 0.269 e. The van der Waals surface area contributed by atoms with Crippen LogP contribution in [0.2, 0.25) is 0 Å². The van der Waals surface area contributed by atoms with E-state index in [1.165, 1.54) is 44.4 Å². The summed E-state index contributed by atoms with van der Waals surface area (Å²) in [6.45, 7) is 0.755. The first-order valence-electron chi connectivity index (χ1n) is 6.30. The third kappa shape index (κ3) is 3.51. The minimum atomic E-state index is -0.378. The fourth-order valence-corrected chi connectivity index (χ4v) is 2.34. The molecule has 1 aliphatic carbocycles. The minimum Gasteiger partial charge on any atom is -0.355 e. The zero-order valence-electron chi connectivity index (χ0n) is 9.89. The van der Waals surface area contributed by atoms with Gasteiger partial charge < -0.3 is 5.32 Å². The lowest BCUT2D eigenvalue weighted by Gasteiger charge is -2.22. The number of nitrogens with one attached hydrogen (secondary N) is 1.